The largest absolute Gasteiger partial charge is 0.205 e. The van der Waals surface area contributed by atoms with E-state index in [0.29, 0.717) is 11.1 Å². The molecule has 0 unspecified atom stereocenters. The van der Waals surface area contributed by atoms with Gasteiger partial charge in [-0.05, 0) is 62.1 Å². The summed E-state index contributed by atoms with van der Waals surface area (Å²) in [6.07, 6.45) is 1.75. The molecule has 0 nitrogen and oxygen atoms in total. The van der Waals surface area contributed by atoms with Crippen molar-refractivity contribution in [3.05, 3.63) is 105 Å². The summed E-state index contributed by atoms with van der Waals surface area (Å²) in [5, 5.41) is 0. The Labute approximate surface area is 172 Å². The fraction of sp³-hybridized carbons (Fsp3) is 0.154. The van der Waals surface area contributed by atoms with E-state index in [1.807, 2.05) is 31.2 Å². The van der Waals surface area contributed by atoms with Crippen LogP contribution in [0.1, 0.15) is 52.1 Å². The topological polar surface area (TPSA) is 0 Å². The predicted molar refractivity (Wildman–Crippen MR) is 108 cm³/mol. The van der Waals surface area contributed by atoms with Crippen molar-refractivity contribution >= 4 is 0 Å². The summed E-state index contributed by atoms with van der Waals surface area (Å²) in [6, 6.07) is 12.5. The van der Waals surface area contributed by atoms with Crippen LogP contribution in [0.5, 0.6) is 0 Å². The molecule has 1 saturated carbocycles. The van der Waals surface area contributed by atoms with Gasteiger partial charge in [-0.1, -0.05) is 41.4 Å². The standard InChI is InChI=1S/C26H16F4/c1-16-2-4-17(5-3-16)6-8-19-12-13-21(25(29)24(19)20-10-11-20)9-7-18-14-22(27)26(30)23(28)15-18/h2-5,12-15,20H,10-11H2,1H3. The number of halogens is 4. The zero-order valence-corrected chi connectivity index (χ0v) is 16.1. The number of benzene rings is 3. The summed E-state index contributed by atoms with van der Waals surface area (Å²) in [6.45, 7) is 1.99. The van der Waals surface area contributed by atoms with Crippen LogP contribution < -0.4 is 0 Å². The van der Waals surface area contributed by atoms with Gasteiger partial charge in [0.1, 0.15) is 5.82 Å². The molecule has 1 fully saturated rings. The third-order valence-corrected chi connectivity index (χ3v) is 4.88. The first-order chi connectivity index (χ1) is 14.4. The highest BCUT2D eigenvalue weighted by molar-refractivity contribution is 5.54. The molecule has 0 spiro atoms. The van der Waals surface area contributed by atoms with Crippen molar-refractivity contribution in [1.29, 1.82) is 0 Å². The molecule has 3 aromatic rings. The maximum absolute atomic E-state index is 15.1. The molecule has 1 aliphatic rings. The Kier molecular flexibility index (Phi) is 5.34. The Morgan fingerprint density at radius 3 is 1.87 bits per heavy atom. The second-order valence-corrected chi connectivity index (χ2v) is 7.28. The third kappa shape index (κ3) is 4.24. The molecule has 0 bridgehead atoms. The van der Waals surface area contributed by atoms with Crippen LogP contribution in [-0.2, 0) is 0 Å². The number of hydrogen-bond donors (Lipinski definition) is 0. The fourth-order valence-corrected chi connectivity index (χ4v) is 3.11. The maximum Gasteiger partial charge on any atom is 0.194 e. The van der Waals surface area contributed by atoms with Crippen LogP contribution in [0.3, 0.4) is 0 Å². The maximum atomic E-state index is 15.1. The fourth-order valence-electron chi connectivity index (χ4n) is 3.11. The molecular weight excluding hydrogens is 388 g/mol. The molecule has 148 valence electrons. The van der Waals surface area contributed by atoms with E-state index in [0.717, 1.165) is 36.1 Å². The normalized spacial score (nSPS) is 12.6. The average molecular weight is 404 g/mol. The van der Waals surface area contributed by atoms with Crippen LogP contribution in [0.25, 0.3) is 0 Å². The highest BCUT2D eigenvalue weighted by Crippen LogP contribution is 2.43. The Morgan fingerprint density at radius 1 is 0.667 bits per heavy atom. The van der Waals surface area contributed by atoms with E-state index in [9.17, 15) is 13.2 Å². The molecule has 4 rings (SSSR count). The Morgan fingerprint density at radius 2 is 1.23 bits per heavy atom. The van der Waals surface area contributed by atoms with Crippen molar-refractivity contribution in [2.24, 2.45) is 0 Å². The second-order valence-electron chi connectivity index (χ2n) is 7.28. The molecule has 30 heavy (non-hydrogen) atoms. The van der Waals surface area contributed by atoms with Gasteiger partial charge >= 0.3 is 0 Å². The predicted octanol–water partition coefficient (Wildman–Crippen LogP) is 6.23. The van der Waals surface area contributed by atoms with Gasteiger partial charge in [0.05, 0.1) is 5.56 Å². The third-order valence-electron chi connectivity index (χ3n) is 4.88. The Bertz CT molecular complexity index is 1220. The SMILES string of the molecule is Cc1ccc(C#Cc2ccc(C#Cc3cc(F)c(F)c(F)c3)c(F)c2C2CC2)cc1. The Hall–Kier alpha value is -3.50. The van der Waals surface area contributed by atoms with Gasteiger partial charge in [0, 0.05) is 22.3 Å². The zero-order chi connectivity index (χ0) is 21.3. The van der Waals surface area contributed by atoms with E-state index in [2.05, 4.69) is 23.7 Å². The van der Waals surface area contributed by atoms with Gasteiger partial charge in [-0.2, -0.15) is 0 Å². The molecule has 0 atom stereocenters. The summed E-state index contributed by atoms with van der Waals surface area (Å²) in [4.78, 5) is 0. The molecule has 0 N–H and O–H groups in total. The molecule has 4 heteroatoms. The highest BCUT2D eigenvalue weighted by atomic mass is 19.2. The van der Waals surface area contributed by atoms with E-state index in [1.54, 1.807) is 6.07 Å². The second kappa shape index (κ2) is 8.09. The minimum atomic E-state index is -1.56. The van der Waals surface area contributed by atoms with Crippen molar-refractivity contribution in [2.45, 2.75) is 25.7 Å². The lowest BCUT2D eigenvalue weighted by Gasteiger charge is -2.07. The molecule has 0 aliphatic heterocycles. The molecule has 1 aliphatic carbocycles. The van der Waals surface area contributed by atoms with Gasteiger partial charge in [-0.3, -0.25) is 0 Å². The molecule has 0 heterocycles. The summed E-state index contributed by atoms with van der Waals surface area (Å²) < 4.78 is 54.9. The van der Waals surface area contributed by atoms with Crippen molar-refractivity contribution in [1.82, 2.24) is 0 Å². The van der Waals surface area contributed by atoms with Crippen LogP contribution in [0.2, 0.25) is 0 Å². The lowest BCUT2D eigenvalue weighted by molar-refractivity contribution is 0.446. The quantitative estimate of drug-likeness (QED) is 0.256. The van der Waals surface area contributed by atoms with Crippen molar-refractivity contribution in [3.63, 3.8) is 0 Å². The van der Waals surface area contributed by atoms with Gasteiger partial charge in [0.15, 0.2) is 17.5 Å². The van der Waals surface area contributed by atoms with Crippen LogP contribution in [0, 0.1) is 53.9 Å². The lowest BCUT2D eigenvalue weighted by Crippen LogP contribution is -1.97. The van der Waals surface area contributed by atoms with Crippen LogP contribution in [0.15, 0.2) is 48.5 Å². The van der Waals surface area contributed by atoms with Gasteiger partial charge in [0.2, 0.25) is 0 Å². The minimum absolute atomic E-state index is 0.0676. The monoisotopic (exact) mass is 404 g/mol. The first-order valence-corrected chi connectivity index (χ1v) is 9.50. The molecule has 0 saturated heterocycles. The highest BCUT2D eigenvalue weighted by Gasteiger charge is 2.29. The first-order valence-electron chi connectivity index (χ1n) is 9.50. The average Bonchev–Trinajstić information content (AvgIpc) is 3.55. The van der Waals surface area contributed by atoms with Gasteiger partial charge in [0.25, 0.3) is 0 Å². The molecule has 0 radical (unpaired) electrons. The van der Waals surface area contributed by atoms with E-state index in [1.165, 1.54) is 6.07 Å². The lowest BCUT2D eigenvalue weighted by atomic mass is 9.98. The van der Waals surface area contributed by atoms with E-state index in [4.69, 9.17) is 0 Å². The number of aryl methyl sites for hydroxylation is 1. The molecule has 0 aromatic heterocycles. The van der Waals surface area contributed by atoms with Crippen molar-refractivity contribution < 1.29 is 17.6 Å². The van der Waals surface area contributed by atoms with Crippen LogP contribution in [-0.4, -0.2) is 0 Å². The number of hydrogen-bond acceptors (Lipinski definition) is 0. The van der Waals surface area contributed by atoms with E-state index < -0.39 is 23.3 Å². The van der Waals surface area contributed by atoms with Gasteiger partial charge in [-0.15, -0.1) is 0 Å². The van der Waals surface area contributed by atoms with E-state index >= 15 is 4.39 Å². The first kappa shape index (κ1) is 19.8. The summed E-state index contributed by atoms with van der Waals surface area (Å²) >= 11 is 0. The van der Waals surface area contributed by atoms with Gasteiger partial charge in [-0.25, -0.2) is 17.6 Å². The van der Waals surface area contributed by atoms with Gasteiger partial charge < -0.3 is 0 Å². The minimum Gasteiger partial charge on any atom is -0.205 e. The molecule has 0 amide bonds. The summed E-state index contributed by atoms with van der Waals surface area (Å²) in [7, 11) is 0. The molecule has 3 aromatic carbocycles. The smallest absolute Gasteiger partial charge is 0.194 e. The van der Waals surface area contributed by atoms with Crippen molar-refractivity contribution in [2.75, 3.05) is 0 Å². The van der Waals surface area contributed by atoms with Crippen LogP contribution >= 0.6 is 0 Å². The number of rotatable bonds is 1. The van der Waals surface area contributed by atoms with E-state index in [-0.39, 0.29) is 17.0 Å². The Balaban J connectivity index is 1.70. The summed E-state index contributed by atoms with van der Waals surface area (Å²) in [5.41, 5.74) is 3.16. The zero-order valence-electron chi connectivity index (χ0n) is 16.1. The van der Waals surface area contributed by atoms with Crippen LogP contribution in [0.4, 0.5) is 17.6 Å². The van der Waals surface area contributed by atoms with Crippen molar-refractivity contribution in [3.8, 4) is 23.7 Å². The molecular formula is C26H16F4. The summed E-state index contributed by atoms with van der Waals surface area (Å²) in [5.74, 6) is 6.63.